The van der Waals surface area contributed by atoms with Crippen LogP contribution < -0.4 is 11.5 Å². The lowest BCUT2D eigenvalue weighted by Crippen LogP contribution is -2.20. The Balaban J connectivity index is 2.52. The van der Waals surface area contributed by atoms with Crippen LogP contribution in [-0.4, -0.2) is 0 Å². The predicted octanol–water partition coefficient (Wildman–Crippen LogP) is 1.49. The molecule has 1 aliphatic rings. The number of hydrogen-bond donors (Lipinski definition) is 2. The molecule has 1 fully saturated rings. The van der Waals surface area contributed by atoms with Crippen LogP contribution in [0, 0.1) is 11.6 Å². The SMILES string of the molecule is Nc1cc(F)c(C2(N)CC2)cc1F. The van der Waals surface area contributed by atoms with Crippen LogP contribution in [0.2, 0.25) is 0 Å². The number of halogens is 2. The Kier molecular flexibility index (Phi) is 1.57. The van der Waals surface area contributed by atoms with Crippen LogP contribution in [0.1, 0.15) is 18.4 Å². The highest BCUT2D eigenvalue weighted by Gasteiger charge is 2.42. The van der Waals surface area contributed by atoms with Crippen molar-refractivity contribution in [2.75, 3.05) is 5.73 Å². The molecule has 0 amide bonds. The first kappa shape index (κ1) is 8.44. The summed E-state index contributed by atoms with van der Waals surface area (Å²) in [5.74, 6) is -1.12. The molecule has 0 saturated heterocycles. The van der Waals surface area contributed by atoms with Crippen molar-refractivity contribution in [3.8, 4) is 0 Å². The van der Waals surface area contributed by atoms with Gasteiger partial charge in [0.25, 0.3) is 0 Å². The fraction of sp³-hybridized carbons (Fsp3) is 0.333. The first-order valence-corrected chi connectivity index (χ1v) is 4.07. The lowest BCUT2D eigenvalue weighted by molar-refractivity contribution is 0.561. The maximum atomic E-state index is 13.2. The lowest BCUT2D eigenvalue weighted by Gasteiger charge is -2.11. The molecule has 4 heteroatoms. The molecule has 0 aromatic heterocycles. The van der Waals surface area contributed by atoms with Crippen LogP contribution in [-0.2, 0) is 5.54 Å². The number of benzene rings is 1. The van der Waals surface area contributed by atoms with Crippen molar-refractivity contribution in [3.63, 3.8) is 0 Å². The van der Waals surface area contributed by atoms with Crippen molar-refractivity contribution in [1.82, 2.24) is 0 Å². The third kappa shape index (κ3) is 1.27. The summed E-state index contributed by atoms with van der Waals surface area (Å²) in [6.07, 6.45) is 1.40. The highest BCUT2D eigenvalue weighted by atomic mass is 19.1. The first-order chi connectivity index (χ1) is 6.03. The van der Waals surface area contributed by atoms with E-state index in [2.05, 4.69) is 0 Å². The van der Waals surface area contributed by atoms with Crippen LogP contribution in [0.15, 0.2) is 12.1 Å². The average Bonchev–Trinajstić information content (AvgIpc) is 2.77. The van der Waals surface area contributed by atoms with E-state index in [9.17, 15) is 8.78 Å². The second-order valence-electron chi connectivity index (χ2n) is 3.51. The molecule has 1 aromatic carbocycles. The fourth-order valence-corrected chi connectivity index (χ4v) is 1.35. The summed E-state index contributed by atoms with van der Waals surface area (Å²) < 4.78 is 26.2. The normalized spacial score (nSPS) is 18.7. The molecule has 13 heavy (non-hydrogen) atoms. The van der Waals surface area contributed by atoms with E-state index in [1.807, 2.05) is 0 Å². The van der Waals surface area contributed by atoms with Crippen molar-refractivity contribution in [3.05, 3.63) is 29.3 Å². The molecule has 0 atom stereocenters. The van der Waals surface area contributed by atoms with E-state index in [4.69, 9.17) is 11.5 Å². The zero-order chi connectivity index (χ0) is 9.64. The van der Waals surface area contributed by atoms with Gasteiger partial charge in [-0.05, 0) is 18.9 Å². The van der Waals surface area contributed by atoms with Crippen molar-refractivity contribution in [1.29, 1.82) is 0 Å². The van der Waals surface area contributed by atoms with Crippen molar-refractivity contribution >= 4 is 5.69 Å². The molecule has 70 valence electrons. The lowest BCUT2D eigenvalue weighted by atomic mass is 10.0. The summed E-state index contributed by atoms with van der Waals surface area (Å²) in [7, 11) is 0. The van der Waals surface area contributed by atoms with Gasteiger partial charge >= 0.3 is 0 Å². The standard InChI is InChI=1S/C9H10F2N2/c10-6-4-8(12)7(11)3-5(6)9(13)1-2-9/h3-4H,1-2,12-13H2. The van der Waals surface area contributed by atoms with E-state index < -0.39 is 17.2 Å². The molecule has 4 N–H and O–H groups in total. The zero-order valence-corrected chi connectivity index (χ0v) is 6.98. The van der Waals surface area contributed by atoms with Gasteiger partial charge in [0.15, 0.2) is 0 Å². The van der Waals surface area contributed by atoms with E-state index in [1.165, 1.54) is 0 Å². The van der Waals surface area contributed by atoms with E-state index in [0.717, 1.165) is 12.1 Å². The summed E-state index contributed by atoms with van der Waals surface area (Å²) >= 11 is 0. The van der Waals surface area contributed by atoms with Gasteiger partial charge in [0.2, 0.25) is 0 Å². The molecule has 2 nitrogen and oxygen atoms in total. The molecule has 0 bridgehead atoms. The number of hydrogen-bond acceptors (Lipinski definition) is 2. The van der Waals surface area contributed by atoms with Crippen molar-refractivity contribution in [2.45, 2.75) is 18.4 Å². The molecule has 0 spiro atoms. The molecule has 0 unspecified atom stereocenters. The number of rotatable bonds is 1. The van der Waals surface area contributed by atoms with Gasteiger partial charge in [0, 0.05) is 17.2 Å². The summed E-state index contributed by atoms with van der Waals surface area (Å²) in [5, 5.41) is 0. The highest BCUT2D eigenvalue weighted by molar-refractivity contribution is 5.45. The summed E-state index contributed by atoms with van der Waals surface area (Å²) in [6, 6.07) is 2.08. The van der Waals surface area contributed by atoms with E-state index in [1.54, 1.807) is 0 Å². The zero-order valence-electron chi connectivity index (χ0n) is 6.98. The minimum absolute atomic E-state index is 0.175. The van der Waals surface area contributed by atoms with E-state index >= 15 is 0 Å². The molecule has 0 heterocycles. The summed E-state index contributed by atoms with van der Waals surface area (Å²) in [6.45, 7) is 0. The molecule has 0 radical (unpaired) electrons. The molecular formula is C9H10F2N2. The van der Waals surface area contributed by atoms with Crippen LogP contribution in [0.5, 0.6) is 0 Å². The quantitative estimate of drug-likeness (QED) is 0.650. The monoisotopic (exact) mass is 184 g/mol. The molecular weight excluding hydrogens is 174 g/mol. The van der Waals surface area contributed by atoms with Gasteiger partial charge in [0.1, 0.15) is 11.6 Å². The number of anilines is 1. The van der Waals surface area contributed by atoms with Crippen molar-refractivity contribution in [2.24, 2.45) is 5.73 Å². The average molecular weight is 184 g/mol. The van der Waals surface area contributed by atoms with Gasteiger partial charge in [-0.25, -0.2) is 8.78 Å². The summed E-state index contributed by atoms with van der Waals surface area (Å²) in [5.41, 5.74) is 10.3. The van der Waals surface area contributed by atoms with Crippen LogP contribution in [0.3, 0.4) is 0 Å². The van der Waals surface area contributed by atoms with Gasteiger partial charge in [-0.1, -0.05) is 0 Å². The minimum atomic E-state index is -0.654. The minimum Gasteiger partial charge on any atom is -0.396 e. The van der Waals surface area contributed by atoms with Gasteiger partial charge in [-0.2, -0.15) is 0 Å². The Hall–Kier alpha value is -1.16. The molecule has 2 rings (SSSR count). The maximum absolute atomic E-state index is 13.2. The maximum Gasteiger partial charge on any atom is 0.146 e. The third-order valence-electron chi connectivity index (χ3n) is 2.41. The molecule has 1 saturated carbocycles. The van der Waals surface area contributed by atoms with Gasteiger partial charge in [-0.3, -0.25) is 0 Å². The Bertz CT molecular complexity index is 359. The second-order valence-corrected chi connectivity index (χ2v) is 3.51. The Labute approximate surface area is 74.5 Å². The number of nitrogen functional groups attached to an aromatic ring is 1. The Morgan fingerprint density at radius 2 is 1.77 bits per heavy atom. The van der Waals surface area contributed by atoms with Gasteiger partial charge < -0.3 is 11.5 Å². The smallest absolute Gasteiger partial charge is 0.146 e. The van der Waals surface area contributed by atoms with E-state index in [-0.39, 0.29) is 11.3 Å². The van der Waals surface area contributed by atoms with E-state index in [0.29, 0.717) is 12.8 Å². The van der Waals surface area contributed by atoms with Gasteiger partial charge in [-0.15, -0.1) is 0 Å². The largest absolute Gasteiger partial charge is 0.396 e. The predicted molar refractivity (Wildman–Crippen MR) is 45.9 cm³/mol. The third-order valence-corrected chi connectivity index (χ3v) is 2.41. The summed E-state index contributed by atoms with van der Waals surface area (Å²) in [4.78, 5) is 0. The molecule has 1 aliphatic carbocycles. The Morgan fingerprint density at radius 3 is 2.31 bits per heavy atom. The highest BCUT2D eigenvalue weighted by Crippen LogP contribution is 2.44. The van der Waals surface area contributed by atoms with Crippen LogP contribution in [0.4, 0.5) is 14.5 Å². The molecule has 0 aliphatic heterocycles. The topological polar surface area (TPSA) is 52.0 Å². The number of nitrogens with two attached hydrogens (primary N) is 2. The van der Waals surface area contributed by atoms with Crippen LogP contribution in [0.25, 0.3) is 0 Å². The Morgan fingerprint density at radius 1 is 1.15 bits per heavy atom. The fourth-order valence-electron chi connectivity index (χ4n) is 1.35. The first-order valence-electron chi connectivity index (χ1n) is 4.07. The van der Waals surface area contributed by atoms with Crippen LogP contribution >= 0.6 is 0 Å². The van der Waals surface area contributed by atoms with Crippen molar-refractivity contribution < 1.29 is 8.78 Å². The van der Waals surface area contributed by atoms with Gasteiger partial charge in [0.05, 0.1) is 5.69 Å². The second kappa shape index (κ2) is 2.42. The molecule has 1 aromatic rings.